The number of nitrogens with zero attached hydrogens (tertiary/aromatic N) is 5. The Hall–Kier alpha value is -2.77. The van der Waals surface area contributed by atoms with Gasteiger partial charge in [0.1, 0.15) is 5.82 Å². The number of benzene rings is 1. The monoisotopic (exact) mass is 419 g/mol. The first-order chi connectivity index (χ1) is 15.1. The average Bonchev–Trinajstić information content (AvgIpc) is 2.78. The Morgan fingerprint density at radius 1 is 0.903 bits per heavy atom. The Morgan fingerprint density at radius 2 is 1.68 bits per heavy atom. The summed E-state index contributed by atoms with van der Waals surface area (Å²) >= 11 is 0. The maximum Gasteiger partial charge on any atom is 0.229 e. The Morgan fingerprint density at radius 3 is 2.42 bits per heavy atom. The van der Waals surface area contributed by atoms with Gasteiger partial charge in [0.05, 0.1) is 36.5 Å². The first kappa shape index (κ1) is 20.2. The fourth-order valence-electron chi connectivity index (χ4n) is 4.45. The number of hydrogen-bond acceptors (Lipinski definition) is 7. The highest BCUT2D eigenvalue weighted by atomic mass is 16.5. The highest BCUT2D eigenvalue weighted by Gasteiger charge is 2.26. The first-order valence-electron chi connectivity index (χ1n) is 11.1. The molecule has 0 N–H and O–H groups in total. The summed E-state index contributed by atoms with van der Waals surface area (Å²) in [6, 6.07) is 12.6. The summed E-state index contributed by atoms with van der Waals surface area (Å²) in [6.45, 7) is 10.9. The van der Waals surface area contributed by atoms with Gasteiger partial charge in [-0.05, 0) is 39.0 Å². The van der Waals surface area contributed by atoms with E-state index in [-0.39, 0.29) is 12.2 Å². The normalized spacial score (nSPS) is 22.2. The maximum atomic E-state index is 5.92. The molecule has 2 fully saturated rings. The van der Waals surface area contributed by atoms with E-state index in [4.69, 9.17) is 24.4 Å². The standard InChI is InChI=1S/C24H29N5O2/c1-16-5-4-6-19(13-16)21-8-7-20-22(25-21)26-24(29-14-17(2)31-18(3)15-29)27-23(20)28-9-11-30-12-10-28/h4-8,13,17-18H,9-12,14-15H2,1-3H3. The van der Waals surface area contributed by atoms with Crippen LogP contribution in [0.5, 0.6) is 0 Å². The Bertz CT molecular complexity index is 1070. The molecular formula is C24H29N5O2. The van der Waals surface area contributed by atoms with Crippen LogP contribution in [0.2, 0.25) is 0 Å². The van der Waals surface area contributed by atoms with Crippen LogP contribution in [0.25, 0.3) is 22.3 Å². The van der Waals surface area contributed by atoms with Crippen LogP contribution in [0.3, 0.4) is 0 Å². The minimum absolute atomic E-state index is 0.140. The molecule has 3 aromatic rings. The van der Waals surface area contributed by atoms with Crippen LogP contribution < -0.4 is 9.80 Å². The largest absolute Gasteiger partial charge is 0.378 e. The van der Waals surface area contributed by atoms with Crippen LogP contribution in [0, 0.1) is 6.92 Å². The fourth-order valence-corrected chi connectivity index (χ4v) is 4.45. The molecule has 162 valence electrons. The minimum Gasteiger partial charge on any atom is -0.378 e. The van der Waals surface area contributed by atoms with Crippen LogP contribution in [0.1, 0.15) is 19.4 Å². The molecule has 7 heteroatoms. The molecule has 2 unspecified atom stereocenters. The Balaban J connectivity index is 1.62. The second kappa shape index (κ2) is 8.40. The predicted octanol–water partition coefficient (Wildman–Crippen LogP) is 3.45. The number of ether oxygens (including phenoxy) is 2. The molecule has 0 bridgehead atoms. The first-order valence-corrected chi connectivity index (χ1v) is 11.1. The van der Waals surface area contributed by atoms with E-state index in [0.717, 1.165) is 60.2 Å². The van der Waals surface area contributed by atoms with Gasteiger partial charge in [-0.25, -0.2) is 4.98 Å². The van der Waals surface area contributed by atoms with Crippen LogP contribution in [0.15, 0.2) is 36.4 Å². The number of aromatic nitrogens is 3. The Kier molecular flexibility index (Phi) is 5.46. The zero-order valence-electron chi connectivity index (χ0n) is 18.4. The van der Waals surface area contributed by atoms with Crippen molar-refractivity contribution in [3.63, 3.8) is 0 Å². The summed E-state index contributed by atoms with van der Waals surface area (Å²) in [5.74, 6) is 1.67. The number of fused-ring (bicyclic) bond motifs is 1. The zero-order valence-corrected chi connectivity index (χ0v) is 18.4. The van der Waals surface area contributed by atoms with Crippen molar-refractivity contribution < 1.29 is 9.47 Å². The van der Waals surface area contributed by atoms with Gasteiger partial charge in [-0.1, -0.05) is 23.8 Å². The van der Waals surface area contributed by atoms with Crippen molar-refractivity contribution in [1.82, 2.24) is 15.0 Å². The SMILES string of the molecule is Cc1cccc(-c2ccc3c(N4CCOCC4)nc(N4CC(C)OC(C)C4)nc3n2)c1. The number of hydrogen-bond donors (Lipinski definition) is 0. The molecule has 0 aliphatic carbocycles. The lowest BCUT2D eigenvalue weighted by molar-refractivity contribution is -0.00570. The lowest BCUT2D eigenvalue weighted by atomic mass is 10.1. The van der Waals surface area contributed by atoms with Crippen LogP contribution in [-0.4, -0.2) is 66.6 Å². The van der Waals surface area contributed by atoms with Gasteiger partial charge in [0.15, 0.2) is 5.65 Å². The summed E-state index contributed by atoms with van der Waals surface area (Å²) in [5.41, 5.74) is 3.98. The van der Waals surface area contributed by atoms with Gasteiger partial charge in [0, 0.05) is 31.7 Å². The smallest absolute Gasteiger partial charge is 0.229 e. The highest BCUT2D eigenvalue weighted by molar-refractivity contribution is 5.90. The molecule has 2 aromatic heterocycles. The molecule has 2 aliphatic rings. The molecule has 5 rings (SSSR count). The van der Waals surface area contributed by atoms with E-state index in [9.17, 15) is 0 Å². The van der Waals surface area contributed by atoms with Crippen molar-refractivity contribution in [2.24, 2.45) is 0 Å². The Labute approximate surface area is 183 Å². The molecular weight excluding hydrogens is 390 g/mol. The second-order valence-corrected chi connectivity index (χ2v) is 8.55. The summed E-state index contributed by atoms with van der Waals surface area (Å²) < 4.78 is 11.5. The van der Waals surface area contributed by atoms with Crippen LogP contribution >= 0.6 is 0 Å². The molecule has 1 aromatic carbocycles. The molecule has 0 amide bonds. The van der Waals surface area contributed by atoms with E-state index >= 15 is 0 Å². The second-order valence-electron chi connectivity index (χ2n) is 8.55. The lowest BCUT2D eigenvalue weighted by Gasteiger charge is -2.36. The zero-order chi connectivity index (χ0) is 21.4. The van der Waals surface area contributed by atoms with Crippen molar-refractivity contribution in [3.8, 4) is 11.3 Å². The van der Waals surface area contributed by atoms with Crippen molar-refractivity contribution in [3.05, 3.63) is 42.0 Å². The summed E-state index contributed by atoms with van der Waals surface area (Å²) in [4.78, 5) is 19.4. The quantitative estimate of drug-likeness (QED) is 0.644. The van der Waals surface area contributed by atoms with Crippen molar-refractivity contribution in [1.29, 1.82) is 0 Å². The van der Waals surface area contributed by atoms with Gasteiger partial charge >= 0.3 is 0 Å². The number of morpholine rings is 2. The molecule has 31 heavy (non-hydrogen) atoms. The number of anilines is 2. The third-order valence-corrected chi connectivity index (χ3v) is 5.85. The van der Waals surface area contributed by atoms with Crippen molar-refractivity contribution in [2.45, 2.75) is 33.0 Å². The predicted molar refractivity (Wildman–Crippen MR) is 123 cm³/mol. The number of rotatable bonds is 3. The average molecular weight is 420 g/mol. The summed E-state index contributed by atoms with van der Waals surface area (Å²) in [5, 5.41) is 0.983. The van der Waals surface area contributed by atoms with E-state index in [0.29, 0.717) is 13.2 Å². The molecule has 0 radical (unpaired) electrons. The van der Waals surface area contributed by atoms with E-state index in [2.05, 4.69) is 67.0 Å². The fraction of sp³-hybridized carbons (Fsp3) is 0.458. The van der Waals surface area contributed by atoms with Crippen molar-refractivity contribution in [2.75, 3.05) is 49.2 Å². The molecule has 0 spiro atoms. The maximum absolute atomic E-state index is 5.92. The lowest BCUT2D eigenvalue weighted by Crippen LogP contribution is -2.46. The van der Waals surface area contributed by atoms with E-state index < -0.39 is 0 Å². The molecule has 7 nitrogen and oxygen atoms in total. The molecule has 4 heterocycles. The topological polar surface area (TPSA) is 63.6 Å². The summed E-state index contributed by atoms with van der Waals surface area (Å²) in [7, 11) is 0. The van der Waals surface area contributed by atoms with Gasteiger partial charge in [-0.3, -0.25) is 0 Å². The van der Waals surface area contributed by atoms with Gasteiger partial charge in [-0.15, -0.1) is 0 Å². The van der Waals surface area contributed by atoms with Gasteiger partial charge in [0.2, 0.25) is 5.95 Å². The van der Waals surface area contributed by atoms with E-state index in [1.807, 2.05) is 0 Å². The van der Waals surface area contributed by atoms with Crippen LogP contribution in [-0.2, 0) is 9.47 Å². The van der Waals surface area contributed by atoms with Gasteiger partial charge in [0.25, 0.3) is 0 Å². The molecule has 0 saturated carbocycles. The highest BCUT2D eigenvalue weighted by Crippen LogP contribution is 2.30. The van der Waals surface area contributed by atoms with Crippen molar-refractivity contribution >= 4 is 22.8 Å². The number of pyridine rings is 1. The van der Waals surface area contributed by atoms with Gasteiger partial charge < -0.3 is 19.3 Å². The minimum atomic E-state index is 0.140. The molecule has 2 atom stereocenters. The van der Waals surface area contributed by atoms with Crippen LogP contribution in [0.4, 0.5) is 11.8 Å². The molecule has 2 saturated heterocycles. The van der Waals surface area contributed by atoms with Gasteiger partial charge in [-0.2, -0.15) is 9.97 Å². The van der Waals surface area contributed by atoms with E-state index in [1.165, 1.54) is 5.56 Å². The summed E-state index contributed by atoms with van der Waals surface area (Å²) in [6.07, 6.45) is 0.281. The molecule has 2 aliphatic heterocycles. The number of aryl methyl sites for hydroxylation is 1. The van der Waals surface area contributed by atoms with E-state index in [1.54, 1.807) is 0 Å². The third kappa shape index (κ3) is 4.20. The third-order valence-electron chi connectivity index (χ3n) is 5.85.